The monoisotopic (exact) mass is 297 g/mol. The summed E-state index contributed by atoms with van der Waals surface area (Å²) in [4.78, 5) is 23.7. The molecule has 1 N–H and O–H groups in total. The number of alkyl carbamates (subject to hydrolysis) is 1. The molecule has 0 aliphatic heterocycles. The number of esters is 1. The lowest BCUT2D eigenvalue weighted by atomic mass is 9.87. The van der Waals surface area contributed by atoms with Crippen LogP contribution in [-0.4, -0.2) is 30.8 Å². The summed E-state index contributed by atoms with van der Waals surface area (Å²) in [6, 6.07) is -0.669. The molecule has 0 aromatic heterocycles. The second kappa shape index (κ2) is 7.48. The van der Waals surface area contributed by atoms with Crippen molar-refractivity contribution in [2.45, 2.75) is 65.0 Å². The molecule has 120 valence electrons. The van der Waals surface area contributed by atoms with Gasteiger partial charge in [0.15, 0.2) is 0 Å². The number of hydrogen-bond acceptors (Lipinski definition) is 4. The summed E-state index contributed by atoms with van der Waals surface area (Å²) >= 11 is 0. The Labute approximate surface area is 127 Å². The highest BCUT2D eigenvalue weighted by Crippen LogP contribution is 2.26. The number of ether oxygens (including phenoxy) is 2. The predicted octanol–water partition coefficient (Wildman–Crippen LogP) is 3.19. The third-order valence-electron chi connectivity index (χ3n) is 3.38. The summed E-state index contributed by atoms with van der Waals surface area (Å²) in [6.07, 6.45) is 5.40. The van der Waals surface area contributed by atoms with E-state index in [1.165, 1.54) is 12.7 Å². The molecular weight excluding hydrogens is 270 g/mol. The van der Waals surface area contributed by atoms with Gasteiger partial charge in [-0.1, -0.05) is 11.6 Å². The summed E-state index contributed by atoms with van der Waals surface area (Å²) in [5.41, 5.74) is 0.749. The van der Waals surface area contributed by atoms with Crippen LogP contribution in [0.5, 0.6) is 0 Å². The van der Waals surface area contributed by atoms with Crippen LogP contribution in [0, 0.1) is 5.92 Å². The third-order valence-corrected chi connectivity index (χ3v) is 3.38. The van der Waals surface area contributed by atoms with Crippen LogP contribution in [0.3, 0.4) is 0 Å². The zero-order valence-corrected chi connectivity index (χ0v) is 13.7. The quantitative estimate of drug-likeness (QED) is 0.639. The second-order valence-electron chi connectivity index (χ2n) is 6.62. The van der Waals surface area contributed by atoms with E-state index < -0.39 is 23.7 Å². The molecule has 1 aliphatic carbocycles. The Bertz CT molecular complexity index is 409. The molecule has 5 heteroatoms. The maximum Gasteiger partial charge on any atom is 0.408 e. The molecule has 0 aromatic rings. The van der Waals surface area contributed by atoms with Crippen LogP contribution < -0.4 is 5.32 Å². The average Bonchev–Trinajstić information content (AvgIpc) is 2.34. The van der Waals surface area contributed by atoms with E-state index in [2.05, 4.69) is 18.3 Å². The van der Waals surface area contributed by atoms with Crippen molar-refractivity contribution >= 4 is 12.1 Å². The van der Waals surface area contributed by atoms with Gasteiger partial charge in [0.1, 0.15) is 11.6 Å². The van der Waals surface area contributed by atoms with Gasteiger partial charge >= 0.3 is 12.1 Å². The highest BCUT2D eigenvalue weighted by Gasteiger charge is 2.27. The number of rotatable bonds is 4. The first-order valence-electron chi connectivity index (χ1n) is 7.46. The zero-order valence-electron chi connectivity index (χ0n) is 13.7. The lowest BCUT2D eigenvalue weighted by Crippen LogP contribution is -2.45. The van der Waals surface area contributed by atoms with Gasteiger partial charge in [-0.05, 0) is 59.3 Å². The topological polar surface area (TPSA) is 64.6 Å². The van der Waals surface area contributed by atoms with E-state index in [1.807, 2.05) is 0 Å². The maximum absolute atomic E-state index is 11.9. The van der Waals surface area contributed by atoms with Gasteiger partial charge in [-0.15, -0.1) is 0 Å². The first kappa shape index (κ1) is 17.5. The molecule has 1 aliphatic rings. The Hall–Kier alpha value is -1.52. The van der Waals surface area contributed by atoms with Gasteiger partial charge in [-0.2, -0.15) is 0 Å². The van der Waals surface area contributed by atoms with E-state index >= 15 is 0 Å². The standard InChI is InChI=1S/C16H27NO4/c1-11-7-6-8-12(9-11)10-13(14(18)20-5)17-15(19)21-16(2,3)4/h9,12-13H,6-8,10H2,1-5H3,(H,17,19)/t12?,13-/m0/s1. The van der Waals surface area contributed by atoms with Crippen LogP contribution in [-0.2, 0) is 14.3 Å². The molecule has 1 amide bonds. The van der Waals surface area contributed by atoms with E-state index in [1.54, 1.807) is 20.8 Å². The lowest BCUT2D eigenvalue weighted by Gasteiger charge is -2.26. The summed E-state index contributed by atoms with van der Waals surface area (Å²) in [5, 5.41) is 2.62. The van der Waals surface area contributed by atoms with Crippen molar-refractivity contribution in [3.05, 3.63) is 11.6 Å². The van der Waals surface area contributed by atoms with E-state index in [4.69, 9.17) is 9.47 Å². The fraction of sp³-hybridized carbons (Fsp3) is 0.750. The Kier molecular flexibility index (Phi) is 6.24. The summed E-state index contributed by atoms with van der Waals surface area (Å²) in [7, 11) is 1.33. The molecule has 21 heavy (non-hydrogen) atoms. The van der Waals surface area contributed by atoms with Crippen LogP contribution in [0.15, 0.2) is 11.6 Å². The number of hydrogen-bond donors (Lipinski definition) is 1. The Morgan fingerprint density at radius 1 is 1.43 bits per heavy atom. The van der Waals surface area contributed by atoms with Gasteiger partial charge in [-0.3, -0.25) is 0 Å². The van der Waals surface area contributed by atoms with Crippen LogP contribution in [0.25, 0.3) is 0 Å². The van der Waals surface area contributed by atoms with Crippen molar-refractivity contribution in [3.8, 4) is 0 Å². The molecule has 0 saturated heterocycles. The largest absolute Gasteiger partial charge is 0.467 e. The number of methoxy groups -OCH3 is 1. The number of carbonyl (C=O) groups excluding carboxylic acids is 2. The Morgan fingerprint density at radius 2 is 2.10 bits per heavy atom. The molecule has 0 bridgehead atoms. The number of carbonyl (C=O) groups is 2. The Balaban J connectivity index is 2.66. The molecule has 2 atom stereocenters. The molecule has 0 saturated carbocycles. The van der Waals surface area contributed by atoms with Crippen molar-refractivity contribution in [1.82, 2.24) is 5.32 Å². The van der Waals surface area contributed by atoms with Gasteiger partial charge in [-0.25, -0.2) is 9.59 Å². The van der Waals surface area contributed by atoms with E-state index in [9.17, 15) is 9.59 Å². The second-order valence-corrected chi connectivity index (χ2v) is 6.62. The first-order valence-corrected chi connectivity index (χ1v) is 7.46. The van der Waals surface area contributed by atoms with E-state index in [0.717, 1.165) is 19.3 Å². The molecule has 0 aromatic carbocycles. The SMILES string of the molecule is COC(=O)[C@H](CC1C=C(C)CCC1)NC(=O)OC(C)(C)C. The molecule has 0 radical (unpaired) electrons. The number of amides is 1. The van der Waals surface area contributed by atoms with Gasteiger partial charge in [0.05, 0.1) is 7.11 Å². The average molecular weight is 297 g/mol. The molecule has 0 spiro atoms. The minimum absolute atomic E-state index is 0.290. The van der Waals surface area contributed by atoms with Crippen molar-refractivity contribution in [1.29, 1.82) is 0 Å². The first-order chi connectivity index (χ1) is 9.71. The van der Waals surface area contributed by atoms with Crippen LogP contribution in [0.1, 0.15) is 53.4 Å². The summed E-state index contributed by atoms with van der Waals surface area (Å²) in [6.45, 7) is 7.45. The maximum atomic E-state index is 11.9. The van der Waals surface area contributed by atoms with Crippen molar-refractivity contribution < 1.29 is 19.1 Å². The summed E-state index contributed by atoms with van der Waals surface area (Å²) < 4.78 is 9.98. The predicted molar refractivity (Wildman–Crippen MR) is 80.9 cm³/mol. The Morgan fingerprint density at radius 3 is 2.62 bits per heavy atom. The third kappa shape index (κ3) is 6.65. The normalized spacial score (nSPS) is 20.2. The smallest absolute Gasteiger partial charge is 0.408 e. The zero-order chi connectivity index (χ0) is 16.0. The summed E-state index contributed by atoms with van der Waals surface area (Å²) in [5.74, 6) is -0.143. The molecule has 1 unspecified atom stereocenters. The molecule has 0 fully saturated rings. The van der Waals surface area contributed by atoms with Crippen molar-refractivity contribution in [3.63, 3.8) is 0 Å². The van der Waals surface area contributed by atoms with Crippen LogP contribution >= 0.6 is 0 Å². The van der Waals surface area contributed by atoms with Gasteiger partial charge in [0, 0.05) is 0 Å². The van der Waals surface area contributed by atoms with Crippen molar-refractivity contribution in [2.75, 3.05) is 7.11 Å². The molecule has 0 heterocycles. The van der Waals surface area contributed by atoms with Crippen LogP contribution in [0.2, 0.25) is 0 Å². The number of nitrogens with one attached hydrogen (secondary N) is 1. The highest BCUT2D eigenvalue weighted by molar-refractivity contribution is 5.81. The fourth-order valence-electron chi connectivity index (χ4n) is 2.51. The van der Waals surface area contributed by atoms with Gasteiger partial charge in [0.25, 0.3) is 0 Å². The number of allylic oxidation sites excluding steroid dienone is 2. The van der Waals surface area contributed by atoms with Gasteiger partial charge in [0.2, 0.25) is 0 Å². The van der Waals surface area contributed by atoms with Gasteiger partial charge < -0.3 is 14.8 Å². The molecular formula is C16H27NO4. The fourth-order valence-corrected chi connectivity index (χ4v) is 2.51. The molecule has 1 rings (SSSR count). The lowest BCUT2D eigenvalue weighted by molar-refractivity contribution is -0.143. The van der Waals surface area contributed by atoms with Crippen LogP contribution in [0.4, 0.5) is 4.79 Å². The van der Waals surface area contributed by atoms with E-state index in [0.29, 0.717) is 6.42 Å². The van der Waals surface area contributed by atoms with Crippen molar-refractivity contribution in [2.24, 2.45) is 5.92 Å². The minimum atomic E-state index is -0.669. The minimum Gasteiger partial charge on any atom is -0.467 e. The van der Waals surface area contributed by atoms with E-state index in [-0.39, 0.29) is 5.92 Å². The highest BCUT2D eigenvalue weighted by atomic mass is 16.6. The molecule has 5 nitrogen and oxygen atoms in total.